The van der Waals surface area contributed by atoms with Gasteiger partial charge in [-0.25, -0.2) is 4.39 Å². The van der Waals surface area contributed by atoms with Crippen molar-refractivity contribution in [2.24, 2.45) is 0 Å². The summed E-state index contributed by atoms with van der Waals surface area (Å²) in [6.45, 7) is 0. The van der Waals surface area contributed by atoms with Gasteiger partial charge in [-0.3, -0.25) is 4.79 Å². The molecule has 0 aliphatic rings. The van der Waals surface area contributed by atoms with Crippen molar-refractivity contribution in [1.29, 1.82) is 0 Å². The van der Waals surface area contributed by atoms with Gasteiger partial charge in [0.15, 0.2) is 0 Å². The second-order valence-electron chi connectivity index (χ2n) is 3.47. The van der Waals surface area contributed by atoms with Gasteiger partial charge in [0.05, 0.1) is 5.69 Å². The Hall–Kier alpha value is -2.36. The minimum Gasteiger partial charge on any atom is -0.507 e. The first-order valence-electron chi connectivity index (χ1n) is 5.00. The van der Waals surface area contributed by atoms with Crippen molar-refractivity contribution in [1.82, 2.24) is 0 Å². The highest BCUT2D eigenvalue weighted by atomic mass is 19.1. The van der Waals surface area contributed by atoms with Crippen LogP contribution in [0.15, 0.2) is 42.5 Å². The van der Waals surface area contributed by atoms with Gasteiger partial charge in [-0.1, -0.05) is 24.3 Å². The quantitative estimate of drug-likeness (QED) is 0.798. The summed E-state index contributed by atoms with van der Waals surface area (Å²) in [5.74, 6) is -0.410. The molecule has 0 spiro atoms. The molecule has 0 unspecified atom stereocenters. The summed E-state index contributed by atoms with van der Waals surface area (Å²) in [5, 5.41) is 11.9. The van der Waals surface area contributed by atoms with Gasteiger partial charge in [0.2, 0.25) is 6.41 Å². The fourth-order valence-corrected chi connectivity index (χ4v) is 1.58. The number of phenolic OH excluding ortho intramolecular Hbond substituents is 1. The van der Waals surface area contributed by atoms with Crippen molar-refractivity contribution < 1.29 is 14.3 Å². The molecule has 0 aromatic heterocycles. The number of rotatable bonds is 3. The van der Waals surface area contributed by atoms with Crippen molar-refractivity contribution in [2.45, 2.75) is 0 Å². The van der Waals surface area contributed by atoms with Gasteiger partial charge in [0, 0.05) is 5.56 Å². The number of hydrogen-bond donors (Lipinski definition) is 2. The SMILES string of the molecule is O=CNc1cc(-c2ccccc2O)ccc1F. The zero-order valence-electron chi connectivity index (χ0n) is 8.85. The van der Waals surface area contributed by atoms with Gasteiger partial charge >= 0.3 is 0 Å². The molecule has 0 radical (unpaired) electrons. The second kappa shape index (κ2) is 4.65. The Morgan fingerprint density at radius 3 is 2.65 bits per heavy atom. The Bertz CT molecular complexity index is 555. The normalized spacial score (nSPS) is 9.94. The van der Waals surface area contributed by atoms with Crippen LogP contribution in [0.2, 0.25) is 0 Å². The molecule has 0 saturated heterocycles. The molecule has 3 nitrogen and oxygen atoms in total. The van der Waals surface area contributed by atoms with E-state index in [-0.39, 0.29) is 11.4 Å². The van der Waals surface area contributed by atoms with Crippen LogP contribution in [0.1, 0.15) is 0 Å². The maximum Gasteiger partial charge on any atom is 0.211 e. The van der Waals surface area contributed by atoms with Crippen LogP contribution >= 0.6 is 0 Å². The zero-order valence-corrected chi connectivity index (χ0v) is 8.85. The first kappa shape index (κ1) is 11.1. The van der Waals surface area contributed by atoms with Crippen LogP contribution in [0.4, 0.5) is 10.1 Å². The van der Waals surface area contributed by atoms with Crippen LogP contribution in [-0.4, -0.2) is 11.5 Å². The fourth-order valence-electron chi connectivity index (χ4n) is 1.58. The first-order valence-corrected chi connectivity index (χ1v) is 5.00. The van der Waals surface area contributed by atoms with Gasteiger partial charge in [0.25, 0.3) is 0 Å². The lowest BCUT2D eigenvalue weighted by Gasteiger charge is -2.07. The summed E-state index contributed by atoms with van der Waals surface area (Å²) < 4.78 is 13.3. The van der Waals surface area contributed by atoms with Crippen LogP contribution in [0, 0.1) is 5.82 Å². The Morgan fingerprint density at radius 1 is 1.18 bits per heavy atom. The molecule has 0 saturated carbocycles. The topological polar surface area (TPSA) is 49.3 Å². The number of para-hydroxylation sites is 1. The summed E-state index contributed by atoms with van der Waals surface area (Å²) in [4.78, 5) is 10.3. The van der Waals surface area contributed by atoms with Crippen molar-refractivity contribution >= 4 is 12.1 Å². The molecule has 2 aromatic carbocycles. The number of phenols is 1. The number of halogens is 1. The number of carbonyl (C=O) groups is 1. The van der Waals surface area contributed by atoms with Crippen LogP contribution < -0.4 is 5.32 Å². The number of anilines is 1. The van der Waals surface area contributed by atoms with E-state index in [1.165, 1.54) is 12.1 Å². The van der Waals surface area contributed by atoms with E-state index in [2.05, 4.69) is 5.32 Å². The summed E-state index contributed by atoms with van der Waals surface area (Å²) >= 11 is 0. The highest BCUT2D eigenvalue weighted by molar-refractivity contribution is 5.78. The van der Waals surface area contributed by atoms with E-state index in [1.807, 2.05) is 0 Å². The molecule has 0 bridgehead atoms. The molecule has 0 aliphatic carbocycles. The molecule has 2 rings (SSSR count). The summed E-state index contributed by atoms with van der Waals surface area (Å²) in [7, 11) is 0. The van der Waals surface area contributed by atoms with Crippen LogP contribution in [0.5, 0.6) is 5.75 Å². The number of benzene rings is 2. The molecule has 0 fully saturated rings. The first-order chi connectivity index (χ1) is 8.22. The van der Waals surface area contributed by atoms with Crippen LogP contribution in [-0.2, 0) is 4.79 Å². The summed E-state index contributed by atoms with van der Waals surface area (Å²) in [6, 6.07) is 11.0. The second-order valence-corrected chi connectivity index (χ2v) is 3.47. The Labute approximate surface area is 97.5 Å². The van der Waals surface area contributed by atoms with Crippen molar-refractivity contribution in [3.8, 4) is 16.9 Å². The summed E-state index contributed by atoms with van der Waals surface area (Å²) in [6.07, 6.45) is 0.410. The monoisotopic (exact) mass is 231 g/mol. The van der Waals surface area contributed by atoms with Crippen molar-refractivity contribution in [2.75, 3.05) is 5.32 Å². The van der Waals surface area contributed by atoms with E-state index in [4.69, 9.17) is 0 Å². The minimum atomic E-state index is -0.517. The van der Waals surface area contributed by atoms with Crippen LogP contribution in [0.3, 0.4) is 0 Å². The average Bonchev–Trinajstić information content (AvgIpc) is 2.33. The molecule has 86 valence electrons. The number of aromatic hydroxyl groups is 1. The maximum atomic E-state index is 13.3. The number of carbonyl (C=O) groups excluding carboxylic acids is 1. The predicted molar refractivity (Wildman–Crippen MR) is 63.2 cm³/mol. The Morgan fingerprint density at radius 2 is 1.94 bits per heavy atom. The Kier molecular flexibility index (Phi) is 3.05. The van der Waals surface area contributed by atoms with Gasteiger partial charge in [-0.15, -0.1) is 0 Å². The molecule has 2 N–H and O–H groups in total. The third kappa shape index (κ3) is 2.25. The van der Waals surface area contributed by atoms with E-state index in [1.54, 1.807) is 30.3 Å². The third-order valence-electron chi connectivity index (χ3n) is 2.40. The number of amides is 1. The minimum absolute atomic E-state index is 0.0840. The third-order valence-corrected chi connectivity index (χ3v) is 2.40. The molecule has 2 aromatic rings. The molecule has 17 heavy (non-hydrogen) atoms. The zero-order chi connectivity index (χ0) is 12.3. The van der Waals surface area contributed by atoms with Gasteiger partial charge in [-0.05, 0) is 23.8 Å². The predicted octanol–water partition coefficient (Wildman–Crippen LogP) is 2.77. The lowest BCUT2D eigenvalue weighted by Crippen LogP contribution is -1.97. The van der Waals surface area contributed by atoms with E-state index >= 15 is 0 Å². The molecule has 4 heteroatoms. The molecule has 0 aliphatic heterocycles. The number of nitrogens with one attached hydrogen (secondary N) is 1. The highest BCUT2D eigenvalue weighted by Gasteiger charge is 2.07. The van der Waals surface area contributed by atoms with Gasteiger partial charge < -0.3 is 10.4 Å². The van der Waals surface area contributed by atoms with E-state index in [9.17, 15) is 14.3 Å². The molecular weight excluding hydrogens is 221 g/mol. The molecular formula is C13H10FNO2. The smallest absolute Gasteiger partial charge is 0.211 e. The molecule has 0 heterocycles. The number of hydrogen-bond acceptors (Lipinski definition) is 2. The fraction of sp³-hybridized carbons (Fsp3) is 0. The molecule has 0 atom stereocenters. The van der Waals surface area contributed by atoms with E-state index in [0.717, 1.165) is 0 Å². The summed E-state index contributed by atoms with van der Waals surface area (Å²) in [5.41, 5.74) is 1.30. The lowest BCUT2D eigenvalue weighted by molar-refractivity contribution is -0.105. The van der Waals surface area contributed by atoms with Crippen LogP contribution in [0.25, 0.3) is 11.1 Å². The van der Waals surface area contributed by atoms with Gasteiger partial charge in [-0.2, -0.15) is 0 Å². The van der Waals surface area contributed by atoms with Gasteiger partial charge in [0.1, 0.15) is 11.6 Å². The maximum absolute atomic E-state index is 13.3. The van der Waals surface area contributed by atoms with E-state index in [0.29, 0.717) is 17.5 Å². The van der Waals surface area contributed by atoms with Crippen molar-refractivity contribution in [3.05, 3.63) is 48.3 Å². The largest absolute Gasteiger partial charge is 0.507 e. The standard InChI is InChI=1S/C13H10FNO2/c14-11-6-5-9(7-12(11)15-8-16)10-3-1-2-4-13(10)17/h1-8,17H,(H,15,16). The lowest BCUT2D eigenvalue weighted by atomic mass is 10.0. The molecule has 1 amide bonds. The van der Waals surface area contributed by atoms with E-state index < -0.39 is 5.82 Å². The average molecular weight is 231 g/mol. The Balaban J connectivity index is 2.50. The highest BCUT2D eigenvalue weighted by Crippen LogP contribution is 2.31. The van der Waals surface area contributed by atoms with Crippen molar-refractivity contribution in [3.63, 3.8) is 0 Å².